The number of allylic oxidation sites excluding steroid dienone is 2. The molecule has 2 heterocycles. The first-order chi connectivity index (χ1) is 24.4. The van der Waals surface area contributed by atoms with Gasteiger partial charge >= 0.3 is 12.3 Å². The Hall–Kier alpha value is -2.36. The van der Waals surface area contributed by atoms with Crippen LogP contribution in [-0.2, 0) is 14.2 Å². The summed E-state index contributed by atoms with van der Waals surface area (Å²) in [5.74, 6) is -1.52. The predicted octanol–water partition coefficient (Wildman–Crippen LogP) is 6.34. The minimum Gasteiger partial charge on any atom is -0.454 e. The number of carbonyl (C=O) groups excluding carboxylic acids is 1. The van der Waals surface area contributed by atoms with Crippen LogP contribution in [0.25, 0.3) is 0 Å². The van der Waals surface area contributed by atoms with Gasteiger partial charge in [0.1, 0.15) is 11.5 Å². The summed E-state index contributed by atoms with van der Waals surface area (Å²) in [7, 11) is 0. The highest BCUT2D eigenvalue weighted by molar-refractivity contribution is 8.00. The lowest BCUT2D eigenvalue weighted by Gasteiger charge is -2.33. The molecule has 0 radical (unpaired) electrons. The third-order valence-corrected chi connectivity index (χ3v) is 10.9. The fraction of sp³-hybridized carbons (Fsp3) is 0.600. The first-order valence-electron chi connectivity index (χ1n) is 17.0. The monoisotopic (exact) mass is 782 g/mol. The molecule has 0 amide bonds. The van der Waals surface area contributed by atoms with Gasteiger partial charge in [-0.05, 0) is 67.9 Å². The normalized spacial score (nSPS) is 25.1. The molecule has 1 aromatic rings. The molecule has 1 saturated carbocycles. The van der Waals surface area contributed by atoms with Gasteiger partial charge in [-0.2, -0.15) is 0 Å². The summed E-state index contributed by atoms with van der Waals surface area (Å²) in [5, 5.41) is -0.107. The fourth-order valence-corrected chi connectivity index (χ4v) is 7.54. The smallest absolute Gasteiger partial charge is 0.454 e. The second-order valence-electron chi connectivity index (χ2n) is 12.9. The van der Waals surface area contributed by atoms with E-state index in [0.717, 1.165) is 30.6 Å². The Kier molecular flexibility index (Phi) is 14.5. The number of ether oxygens (including phenoxy) is 4. The molecular formula is C35H43Cl2F5N3O5S+. The van der Waals surface area contributed by atoms with Crippen LogP contribution in [0.15, 0.2) is 53.2 Å². The number of rotatable bonds is 16. The highest BCUT2D eigenvalue weighted by atomic mass is 35.5. The molecule has 1 N–H and O–H groups in total. The quantitative estimate of drug-likeness (QED) is 0.0686. The number of nitrogens with one attached hydrogen (secondary N) is 1. The van der Waals surface area contributed by atoms with E-state index in [-0.39, 0.29) is 23.6 Å². The van der Waals surface area contributed by atoms with Crippen molar-refractivity contribution in [3.8, 4) is 5.75 Å². The van der Waals surface area contributed by atoms with Crippen LogP contribution in [0.2, 0.25) is 0 Å². The molecule has 2 aliphatic carbocycles. The second-order valence-corrected chi connectivity index (χ2v) is 14.7. The van der Waals surface area contributed by atoms with E-state index in [1.54, 1.807) is 23.0 Å². The number of nitrogens with zero attached hydrogens (tertiary/aromatic N) is 2. The summed E-state index contributed by atoms with van der Waals surface area (Å²) in [6.45, 7) is 3.94. The van der Waals surface area contributed by atoms with Gasteiger partial charge in [-0.1, -0.05) is 35.7 Å². The van der Waals surface area contributed by atoms with Crippen LogP contribution in [0.4, 0.5) is 27.6 Å². The highest BCUT2D eigenvalue weighted by Crippen LogP contribution is 2.39. The topological polar surface area (TPSA) is 74.4 Å². The zero-order valence-electron chi connectivity index (χ0n) is 28.1. The van der Waals surface area contributed by atoms with Crippen LogP contribution in [0, 0.1) is 17.8 Å². The third kappa shape index (κ3) is 12.1. The fourth-order valence-electron chi connectivity index (χ4n) is 6.28. The van der Waals surface area contributed by atoms with Gasteiger partial charge in [-0.3, -0.25) is 4.90 Å². The second kappa shape index (κ2) is 18.6. The summed E-state index contributed by atoms with van der Waals surface area (Å²) < 4.78 is 90.5. The molecule has 2 fully saturated rings. The molecule has 2 aliphatic heterocycles. The Morgan fingerprint density at radius 2 is 1.98 bits per heavy atom. The van der Waals surface area contributed by atoms with E-state index in [2.05, 4.69) is 14.6 Å². The van der Waals surface area contributed by atoms with Gasteiger partial charge in [-0.15, -0.1) is 24.8 Å². The van der Waals surface area contributed by atoms with Crippen molar-refractivity contribution in [3.63, 3.8) is 0 Å². The zero-order valence-corrected chi connectivity index (χ0v) is 30.5. The number of carbonyl (C=O) groups is 1. The number of halogens is 7. The summed E-state index contributed by atoms with van der Waals surface area (Å²) in [6, 6.07) is 3.69. The number of morpholine rings is 1. The van der Waals surface area contributed by atoms with Gasteiger partial charge in [0.05, 0.1) is 42.2 Å². The average Bonchev–Trinajstić information content (AvgIpc) is 3.93. The van der Waals surface area contributed by atoms with Crippen molar-refractivity contribution in [1.82, 2.24) is 4.90 Å². The van der Waals surface area contributed by atoms with Crippen LogP contribution in [0.3, 0.4) is 0 Å². The first-order valence-corrected chi connectivity index (χ1v) is 19.0. The molecule has 0 bridgehead atoms. The number of hydrogen-bond acceptors (Lipinski definition) is 8. The van der Waals surface area contributed by atoms with Crippen LogP contribution in [0.1, 0.15) is 42.5 Å². The van der Waals surface area contributed by atoms with E-state index < -0.39 is 48.0 Å². The number of alkyl halides is 6. The minimum absolute atomic E-state index is 0.0200. The predicted molar refractivity (Wildman–Crippen MR) is 188 cm³/mol. The number of benzene rings is 1. The molecule has 282 valence electrons. The van der Waals surface area contributed by atoms with E-state index >= 15 is 0 Å². The summed E-state index contributed by atoms with van der Waals surface area (Å²) >= 11 is 14.4. The molecule has 1 aromatic carbocycles. The van der Waals surface area contributed by atoms with Crippen molar-refractivity contribution in [3.05, 3.63) is 58.8 Å². The van der Waals surface area contributed by atoms with E-state index in [1.807, 2.05) is 6.08 Å². The van der Waals surface area contributed by atoms with Crippen LogP contribution < -0.4 is 14.0 Å². The van der Waals surface area contributed by atoms with Crippen LogP contribution in [0.5, 0.6) is 5.75 Å². The molecule has 4 aliphatic rings. The summed E-state index contributed by atoms with van der Waals surface area (Å²) in [6.07, 6.45) is 3.46. The standard InChI is InChI=1S/C35H42Cl2F5N3O5S/c1-51-45(11-10-44-12-14-47-15-13-44)29-16-25(6-8-30(29)50-35(40,41)42)34(46)49-32(18-26-27(36)19-43-20-28(26)37)24-5-4-23(7-9-33(38)39)31(17-24)48-21-22-2-3-22/h6-9,16-17,19-20,22-23,26-27,31-33H,2-5,10-15,18,21H2,1H3/p+1/b9-7+. The maximum Gasteiger partial charge on any atom is 0.573 e. The molecule has 8 nitrogen and oxygen atoms in total. The van der Waals surface area contributed by atoms with Crippen molar-refractivity contribution in [2.45, 2.75) is 62.5 Å². The molecule has 5 rings (SSSR count). The van der Waals surface area contributed by atoms with Gasteiger partial charge in [0.2, 0.25) is 0 Å². The van der Waals surface area contributed by atoms with E-state index in [0.29, 0.717) is 69.8 Å². The largest absolute Gasteiger partial charge is 0.573 e. The van der Waals surface area contributed by atoms with Crippen molar-refractivity contribution in [2.75, 3.05) is 56.6 Å². The van der Waals surface area contributed by atoms with Gasteiger partial charge < -0.3 is 23.3 Å². The van der Waals surface area contributed by atoms with Crippen LogP contribution >= 0.6 is 35.1 Å². The number of esters is 1. The Morgan fingerprint density at radius 3 is 2.65 bits per heavy atom. The zero-order chi connectivity index (χ0) is 36.5. The molecule has 51 heavy (non-hydrogen) atoms. The van der Waals surface area contributed by atoms with Crippen molar-refractivity contribution in [2.24, 2.45) is 17.8 Å². The van der Waals surface area contributed by atoms with E-state index in [1.165, 1.54) is 30.2 Å². The maximum absolute atomic E-state index is 13.9. The molecule has 1 saturated heterocycles. The molecular weight excluding hydrogens is 740 g/mol. The van der Waals surface area contributed by atoms with Crippen LogP contribution in [-0.4, -0.2) is 99.7 Å². The first kappa shape index (κ1) is 39.8. The number of hydrogen-bond donors (Lipinski definition) is 1. The Labute approximate surface area is 309 Å². The van der Waals surface area contributed by atoms with Gasteiger partial charge in [0.15, 0.2) is 18.2 Å². The lowest BCUT2D eigenvalue weighted by molar-refractivity contribution is -0.371. The molecule has 16 heteroatoms. The van der Waals surface area contributed by atoms with E-state index in [4.69, 9.17) is 37.4 Å². The molecule has 5 unspecified atom stereocenters. The van der Waals surface area contributed by atoms with Crippen molar-refractivity contribution in [1.29, 1.82) is 0 Å². The Bertz CT molecular complexity index is 1450. The van der Waals surface area contributed by atoms with Crippen molar-refractivity contribution >= 4 is 53.0 Å². The Morgan fingerprint density at radius 1 is 1.22 bits per heavy atom. The summed E-state index contributed by atoms with van der Waals surface area (Å²) in [4.78, 5) is 19.0. The molecule has 5 atom stereocenters. The number of anilines is 1. The Balaban J connectivity index is 1.42. The van der Waals surface area contributed by atoms with Gasteiger partial charge in [-0.25, -0.2) is 18.6 Å². The van der Waals surface area contributed by atoms with E-state index in [9.17, 15) is 26.7 Å². The highest BCUT2D eigenvalue weighted by Gasteiger charge is 2.37. The SMILES string of the molecule is CSN(CCN1CCOCC1)c1cc(C(=O)OC(CC2C(Cl)=C[NH+]=CC2Cl)C2=CC(OCC3CC3)C(/C=C/C(F)F)CC2)ccc1OC(F)(F)F. The maximum atomic E-state index is 13.9. The minimum atomic E-state index is -4.96. The lowest BCUT2D eigenvalue weighted by atomic mass is 9.82. The molecule has 0 aromatic heterocycles. The van der Waals surface area contributed by atoms with Crippen molar-refractivity contribution < 1.29 is 50.7 Å². The third-order valence-electron chi connectivity index (χ3n) is 9.27. The van der Waals surface area contributed by atoms with Gasteiger partial charge in [0.25, 0.3) is 6.43 Å². The molecule has 0 spiro atoms. The van der Waals surface area contributed by atoms with Gasteiger partial charge in [0, 0.05) is 44.3 Å². The summed E-state index contributed by atoms with van der Waals surface area (Å²) in [5.41, 5.74) is 0.815. The average molecular weight is 784 g/mol. The lowest BCUT2D eigenvalue weighted by Crippen LogP contribution is -2.66.